The standard InChI is InChI=1S/C11H21NO6S/c13-8-7(18-11(16)10(15)9(8)14)3-6-19(17)5-2-1-4-12-19/h7-11,13-16H,1-6H2/t7-,8-,9+,10+,11+,19?/m1/s1. The Labute approximate surface area is 112 Å². The van der Waals surface area contributed by atoms with Gasteiger partial charge in [-0.25, -0.2) is 8.57 Å². The molecule has 1 unspecified atom stereocenters. The smallest absolute Gasteiger partial charge is 0.183 e. The monoisotopic (exact) mass is 295 g/mol. The Kier molecular flexibility index (Phi) is 4.80. The molecule has 0 aliphatic carbocycles. The minimum absolute atomic E-state index is 0.227. The van der Waals surface area contributed by atoms with Crippen LogP contribution in [0.2, 0.25) is 0 Å². The van der Waals surface area contributed by atoms with Gasteiger partial charge in [0.25, 0.3) is 0 Å². The summed E-state index contributed by atoms with van der Waals surface area (Å²) < 4.78 is 21.5. The van der Waals surface area contributed by atoms with Gasteiger partial charge in [0, 0.05) is 27.8 Å². The Balaban J connectivity index is 1.96. The molecule has 0 aromatic carbocycles. The summed E-state index contributed by atoms with van der Waals surface area (Å²) in [4.78, 5) is 0. The third-order valence-electron chi connectivity index (χ3n) is 3.61. The van der Waals surface area contributed by atoms with Gasteiger partial charge in [-0.2, -0.15) is 0 Å². The summed E-state index contributed by atoms with van der Waals surface area (Å²) in [7, 11) is -2.25. The zero-order valence-corrected chi connectivity index (χ0v) is 11.4. The molecule has 0 aromatic rings. The van der Waals surface area contributed by atoms with Crippen LogP contribution >= 0.6 is 0 Å². The minimum atomic E-state index is -2.25. The van der Waals surface area contributed by atoms with Gasteiger partial charge < -0.3 is 25.2 Å². The zero-order chi connectivity index (χ0) is 14.0. The molecule has 0 bridgehead atoms. The van der Waals surface area contributed by atoms with E-state index in [0.717, 1.165) is 12.8 Å². The SMILES string of the molecule is O=S1(CC[C@H]2O[C@H](O)[C@@H](O)[C@@H](O)[C@@H]2O)=NCCCC1. The quantitative estimate of drug-likeness (QED) is 0.500. The first-order chi connectivity index (χ1) is 8.93. The molecule has 1 fully saturated rings. The van der Waals surface area contributed by atoms with Crippen LogP contribution in [0.1, 0.15) is 19.3 Å². The molecular formula is C11H21NO6S. The predicted molar refractivity (Wildman–Crippen MR) is 67.9 cm³/mol. The number of nitrogens with zero attached hydrogens (tertiary/aromatic N) is 1. The number of aliphatic hydroxyl groups excluding tert-OH is 4. The highest BCUT2D eigenvalue weighted by atomic mass is 32.2. The fraction of sp³-hybridized carbons (Fsp3) is 1.00. The Morgan fingerprint density at radius 3 is 2.47 bits per heavy atom. The second-order valence-corrected chi connectivity index (χ2v) is 7.69. The summed E-state index contributed by atoms with van der Waals surface area (Å²) in [6.07, 6.45) is -4.62. The molecule has 0 aromatic heterocycles. The van der Waals surface area contributed by atoms with Gasteiger partial charge in [0.1, 0.15) is 18.3 Å². The molecule has 0 amide bonds. The highest BCUT2D eigenvalue weighted by molar-refractivity contribution is 7.93. The van der Waals surface area contributed by atoms with Gasteiger partial charge in [0.05, 0.1) is 6.10 Å². The van der Waals surface area contributed by atoms with Crippen LogP contribution in [0.15, 0.2) is 4.36 Å². The fourth-order valence-corrected chi connectivity index (χ4v) is 4.55. The maximum Gasteiger partial charge on any atom is 0.183 e. The molecule has 6 atom stereocenters. The Bertz CT molecular complexity index is 421. The van der Waals surface area contributed by atoms with Gasteiger partial charge in [-0.3, -0.25) is 0 Å². The lowest BCUT2D eigenvalue weighted by molar-refractivity contribution is -0.281. The van der Waals surface area contributed by atoms with E-state index in [1.165, 1.54) is 0 Å². The first-order valence-corrected chi connectivity index (χ1v) is 8.34. The topological polar surface area (TPSA) is 120 Å². The van der Waals surface area contributed by atoms with Gasteiger partial charge in [0.15, 0.2) is 6.29 Å². The van der Waals surface area contributed by atoms with E-state index in [2.05, 4.69) is 4.36 Å². The van der Waals surface area contributed by atoms with Crippen molar-refractivity contribution >= 4 is 9.73 Å². The molecule has 2 aliphatic rings. The van der Waals surface area contributed by atoms with Crippen molar-refractivity contribution < 1.29 is 29.4 Å². The van der Waals surface area contributed by atoms with Crippen molar-refractivity contribution in [3.8, 4) is 0 Å². The van der Waals surface area contributed by atoms with Crippen molar-refractivity contribution in [3.05, 3.63) is 0 Å². The van der Waals surface area contributed by atoms with E-state index in [-0.39, 0.29) is 12.2 Å². The van der Waals surface area contributed by atoms with Crippen molar-refractivity contribution in [2.24, 2.45) is 4.36 Å². The Morgan fingerprint density at radius 2 is 1.84 bits per heavy atom. The average molecular weight is 295 g/mol. The van der Waals surface area contributed by atoms with E-state index in [9.17, 15) is 24.6 Å². The van der Waals surface area contributed by atoms with Crippen molar-refractivity contribution in [2.75, 3.05) is 18.1 Å². The zero-order valence-electron chi connectivity index (χ0n) is 10.6. The van der Waals surface area contributed by atoms with Crippen LogP contribution < -0.4 is 0 Å². The molecule has 8 heteroatoms. The van der Waals surface area contributed by atoms with Crippen LogP contribution in [0.4, 0.5) is 0 Å². The van der Waals surface area contributed by atoms with Crippen LogP contribution in [0, 0.1) is 0 Å². The number of aliphatic hydroxyl groups is 4. The van der Waals surface area contributed by atoms with Gasteiger partial charge in [0.2, 0.25) is 0 Å². The molecule has 0 radical (unpaired) electrons. The summed E-state index contributed by atoms with van der Waals surface area (Å²) >= 11 is 0. The molecular weight excluding hydrogens is 274 g/mol. The van der Waals surface area contributed by atoms with Crippen molar-refractivity contribution in [1.29, 1.82) is 0 Å². The van der Waals surface area contributed by atoms with Gasteiger partial charge in [-0.1, -0.05) is 0 Å². The summed E-state index contributed by atoms with van der Waals surface area (Å²) in [6.45, 7) is 0.594. The molecule has 19 heavy (non-hydrogen) atoms. The second kappa shape index (κ2) is 6.02. The molecule has 4 N–H and O–H groups in total. The largest absolute Gasteiger partial charge is 0.388 e. The molecule has 2 rings (SSSR count). The van der Waals surface area contributed by atoms with Crippen molar-refractivity contribution in [2.45, 2.75) is 50.0 Å². The van der Waals surface area contributed by atoms with E-state index in [1.54, 1.807) is 0 Å². The fourth-order valence-electron chi connectivity index (χ4n) is 2.37. The summed E-state index contributed by atoms with van der Waals surface area (Å²) in [5.41, 5.74) is 0. The predicted octanol–water partition coefficient (Wildman–Crippen LogP) is -1.56. The lowest BCUT2D eigenvalue weighted by Gasteiger charge is -2.38. The highest BCUT2D eigenvalue weighted by Gasteiger charge is 2.42. The molecule has 1 saturated heterocycles. The van der Waals surface area contributed by atoms with Crippen LogP contribution in [0.3, 0.4) is 0 Å². The normalized spacial score (nSPS) is 47.7. The molecule has 2 aliphatic heterocycles. The average Bonchev–Trinajstić information content (AvgIpc) is 2.40. The van der Waals surface area contributed by atoms with Crippen molar-refractivity contribution in [3.63, 3.8) is 0 Å². The Morgan fingerprint density at radius 1 is 1.11 bits per heavy atom. The highest BCUT2D eigenvalue weighted by Crippen LogP contribution is 2.23. The van der Waals surface area contributed by atoms with Crippen LogP contribution in [-0.2, 0) is 14.5 Å². The number of ether oxygens (including phenoxy) is 1. The Hall–Kier alpha value is -0.250. The number of rotatable bonds is 3. The van der Waals surface area contributed by atoms with E-state index >= 15 is 0 Å². The lowest BCUT2D eigenvalue weighted by atomic mass is 9.97. The van der Waals surface area contributed by atoms with E-state index < -0.39 is 40.4 Å². The van der Waals surface area contributed by atoms with Crippen LogP contribution in [0.5, 0.6) is 0 Å². The maximum atomic E-state index is 12.3. The molecule has 0 spiro atoms. The molecule has 112 valence electrons. The third-order valence-corrected chi connectivity index (χ3v) is 6.06. The summed E-state index contributed by atoms with van der Waals surface area (Å²) in [5.74, 6) is 0.813. The molecule has 0 saturated carbocycles. The van der Waals surface area contributed by atoms with Crippen LogP contribution in [-0.4, -0.2) is 73.4 Å². The number of hydrogen-bond acceptors (Lipinski definition) is 7. The summed E-state index contributed by atoms with van der Waals surface area (Å²) in [6, 6.07) is 0. The molecule has 2 heterocycles. The number of hydrogen-bond donors (Lipinski definition) is 4. The van der Waals surface area contributed by atoms with E-state index in [1.807, 2.05) is 0 Å². The first kappa shape index (κ1) is 15.1. The van der Waals surface area contributed by atoms with Gasteiger partial charge in [-0.05, 0) is 19.3 Å². The second-order valence-electron chi connectivity index (χ2n) is 5.07. The van der Waals surface area contributed by atoms with E-state index in [4.69, 9.17) is 4.74 Å². The molecule has 7 nitrogen and oxygen atoms in total. The third kappa shape index (κ3) is 3.45. The summed E-state index contributed by atoms with van der Waals surface area (Å²) in [5, 5.41) is 38.1. The van der Waals surface area contributed by atoms with Crippen molar-refractivity contribution in [1.82, 2.24) is 0 Å². The minimum Gasteiger partial charge on any atom is -0.388 e. The lowest BCUT2D eigenvalue weighted by Crippen LogP contribution is -2.57. The van der Waals surface area contributed by atoms with Crippen LogP contribution in [0.25, 0.3) is 0 Å². The first-order valence-electron chi connectivity index (χ1n) is 6.49. The van der Waals surface area contributed by atoms with E-state index in [0.29, 0.717) is 12.3 Å². The maximum absolute atomic E-state index is 12.3. The van der Waals surface area contributed by atoms with Gasteiger partial charge in [-0.15, -0.1) is 0 Å². The van der Waals surface area contributed by atoms with Gasteiger partial charge >= 0.3 is 0 Å².